The molecule has 0 fully saturated rings. The Bertz CT molecular complexity index is 1040. The fourth-order valence-electron chi connectivity index (χ4n) is 2.67. The molecule has 3 aromatic rings. The Morgan fingerprint density at radius 1 is 1.15 bits per heavy atom. The van der Waals surface area contributed by atoms with Crippen molar-refractivity contribution >= 4 is 17.7 Å². The van der Waals surface area contributed by atoms with Gasteiger partial charge in [-0.2, -0.15) is 5.26 Å². The molecule has 0 atom stereocenters. The predicted molar refractivity (Wildman–Crippen MR) is 102 cm³/mol. The van der Waals surface area contributed by atoms with Gasteiger partial charge in [-0.05, 0) is 42.3 Å². The average Bonchev–Trinajstić information content (AvgIpc) is 3.15. The number of hydrogen-bond donors (Lipinski definition) is 1. The van der Waals surface area contributed by atoms with Gasteiger partial charge in [0.1, 0.15) is 29.0 Å². The highest BCUT2D eigenvalue weighted by molar-refractivity contribution is 6.09. The summed E-state index contributed by atoms with van der Waals surface area (Å²) in [6, 6.07) is 18.7. The minimum atomic E-state index is -0.526. The van der Waals surface area contributed by atoms with Crippen LogP contribution in [0.4, 0.5) is 10.1 Å². The first-order valence-corrected chi connectivity index (χ1v) is 8.48. The molecule has 0 saturated carbocycles. The summed E-state index contributed by atoms with van der Waals surface area (Å²) >= 11 is 0. The Morgan fingerprint density at radius 3 is 2.63 bits per heavy atom. The van der Waals surface area contributed by atoms with Gasteiger partial charge in [0.2, 0.25) is 0 Å². The molecule has 1 N–H and O–H groups in total. The normalized spacial score (nSPS) is 11.1. The number of carbonyl (C=O) groups is 1. The summed E-state index contributed by atoms with van der Waals surface area (Å²) in [5, 5.41) is 12.1. The number of furan rings is 1. The fraction of sp³-hybridized carbons (Fsp3) is 0.0909. The van der Waals surface area contributed by atoms with Gasteiger partial charge in [0.05, 0.1) is 5.56 Å². The maximum Gasteiger partial charge on any atom is 0.266 e. The van der Waals surface area contributed by atoms with Gasteiger partial charge in [-0.25, -0.2) is 4.39 Å². The Hall–Kier alpha value is -3.65. The molecule has 0 aliphatic heterocycles. The number of aryl methyl sites for hydroxylation is 1. The second kappa shape index (κ2) is 8.15. The van der Waals surface area contributed by atoms with Crippen molar-refractivity contribution in [1.82, 2.24) is 0 Å². The summed E-state index contributed by atoms with van der Waals surface area (Å²) in [7, 11) is 0. The molecular weight excluding hydrogens is 343 g/mol. The van der Waals surface area contributed by atoms with Crippen LogP contribution >= 0.6 is 0 Å². The minimum Gasteiger partial charge on any atom is -0.457 e. The van der Waals surface area contributed by atoms with Crippen molar-refractivity contribution in [2.45, 2.75) is 13.3 Å². The molecule has 2 aromatic carbocycles. The lowest BCUT2D eigenvalue weighted by Crippen LogP contribution is -2.14. The number of amides is 1. The zero-order chi connectivity index (χ0) is 19.2. The predicted octanol–water partition coefficient (Wildman–Crippen LogP) is 5.19. The SMILES string of the molecule is CCc1ccccc1NC(=O)/C(C#N)=C/c1ccc(-c2ccccc2F)o1. The van der Waals surface area contributed by atoms with Crippen LogP contribution in [0.15, 0.2) is 70.7 Å². The summed E-state index contributed by atoms with van der Waals surface area (Å²) < 4.78 is 19.4. The fourth-order valence-corrected chi connectivity index (χ4v) is 2.67. The third-order valence-electron chi connectivity index (χ3n) is 4.06. The van der Waals surface area contributed by atoms with Crippen LogP contribution in [-0.2, 0) is 11.2 Å². The lowest BCUT2D eigenvalue weighted by Gasteiger charge is -2.08. The van der Waals surface area contributed by atoms with Crippen LogP contribution in [0.25, 0.3) is 17.4 Å². The molecule has 1 heterocycles. The van der Waals surface area contributed by atoms with Gasteiger partial charge >= 0.3 is 0 Å². The van der Waals surface area contributed by atoms with Crippen molar-refractivity contribution in [2.24, 2.45) is 0 Å². The Labute approximate surface area is 156 Å². The number of hydrogen-bond acceptors (Lipinski definition) is 3. The maximum absolute atomic E-state index is 13.9. The highest BCUT2D eigenvalue weighted by Crippen LogP contribution is 2.26. The molecule has 134 valence electrons. The quantitative estimate of drug-likeness (QED) is 0.503. The van der Waals surface area contributed by atoms with E-state index in [1.807, 2.05) is 31.2 Å². The van der Waals surface area contributed by atoms with Crippen molar-refractivity contribution in [1.29, 1.82) is 5.26 Å². The smallest absolute Gasteiger partial charge is 0.266 e. The van der Waals surface area contributed by atoms with E-state index in [4.69, 9.17) is 4.42 Å². The van der Waals surface area contributed by atoms with E-state index in [2.05, 4.69) is 5.32 Å². The second-order valence-electron chi connectivity index (χ2n) is 5.82. The van der Waals surface area contributed by atoms with E-state index in [0.717, 1.165) is 12.0 Å². The molecule has 0 aliphatic carbocycles. The average molecular weight is 360 g/mol. The lowest BCUT2D eigenvalue weighted by molar-refractivity contribution is -0.112. The summed E-state index contributed by atoms with van der Waals surface area (Å²) in [4.78, 5) is 12.4. The zero-order valence-electron chi connectivity index (χ0n) is 14.7. The van der Waals surface area contributed by atoms with Crippen LogP contribution in [0.3, 0.4) is 0 Å². The van der Waals surface area contributed by atoms with Crippen LogP contribution < -0.4 is 5.32 Å². The first-order chi connectivity index (χ1) is 13.1. The molecule has 1 amide bonds. The summed E-state index contributed by atoms with van der Waals surface area (Å²) in [5.74, 6) is -0.309. The molecule has 0 saturated heterocycles. The third kappa shape index (κ3) is 4.13. The lowest BCUT2D eigenvalue weighted by atomic mass is 10.1. The maximum atomic E-state index is 13.9. The number of nitrogens with zero attached hydrogens (tertiary/aromatic N) is 1. The van der Waals surface area contributed by atoms with Crippen LogP contribution in [-0.4, -0.2) is 5.91 Å². The molecule has 4 nitrogen and oxygen atoms in total. The van der Waals surface area contributed by atoms with Crippen molar-refractivity contribution in [2.75, 3.05) is 5.32 Å². The van der Waals surface area contributed by atoms with E-state index in [1.54, 1.807) is 36.4 Å². The largest absolute Gasteiger partial charge is 0.457 e. The highest BCUT2D eigenvalue weighted by atomic mass is 19.1. The number of benzene rings is 2. The monoisotopic (exact) mass is 360 g/mol. The standard InChI is InChI=1S/C22H17FN2O2/c1-2-15-7-3-6-10-20(15)25-22(26)16(14-24)13-17-11-12-21(27-17)18-8-4-5-9-19(18)23/h3-13H,2H2,1H3,(H,25,26)/b16-13+. The van der Waals surface area contributed by atoms with Crippen molar-refractivity contribution < 1.29 is 13.6 Å². The van der Waals surface area contributed by atoms with E-state index in [0.29, 0.717) is 22.8 Å². The van der Waals surface area contributed by atoms with Crippen molar-refractivity contribution in [3.8, 4) is 17.4 Å². The van der Waals surface area contributed by atoms with Crippen LogP contribution in [0, 0.1) is 17.1 Å². The van der Waals surface area contributed by atoms with E-state index in [9.17, 15) is 14.4 Å². The molecule has 1 aromatic heterocycles. The van der Waals surface area contributed by atoms with Gasteiger partial charge < -0.3 is 9.73 Å². The number of halogens is 1. The van der Waals surface area contributed by atoms with E-state index in [1.165, 1.54) is 12.1 Å². The molecule has 0 bridgehead atoms. The molecule has 5 heteroatoms. The number of carbonyl (C=O) groups excluding carboxylic acids is 1. The number of anilines is 1. The van der Waals surface area contributed by atoms with Gasteiger partial charge in [-0.3, -0.25) is 4.79 Å². The summed E-state index contributed by atoms with van der Waals surface area (Å²) in [6.07, 6.45) is 2.10. The van der Waals surface area contributed by atoms with Gasteiger partial charge in [0.25, 0.3) is 5.91 Å². The molecule has 27 heavy (non-hydrogen) atoms. The Kier molecular flexibility index (Phi) is 5.48. The van der Waals surface area contributed by atoms with E-state index < -0.39 is 11.7 Å². The van der Waals surface area contributed by atoms with E-state index >= 15 is 0 Å². The summed E-state index contributed by atoms with van der Waals surface area (Å²) in [6.45, 7) is 1.99. The van der Waals surface area contributed by atoms with Gasteiger partial charge in [0.15, 0.2) is 0 Å². The molecule has 0 spiro atoms. The molecule has 0 aliphatic rings. The van der Waals surface area contributed by atoms with Crippen molar-refractivity contribution in [3.63, 3.8) is 0 Å². The Balaban J connectivity index is 1.84. The van der Waals surface area contributed by atoms with Crippen molar-refractivity contribution in [3.05, 3.63) is 83.4 Å². The highest BCUT2D eigenvalue weighted by Gasteiger charge is 2.13. The first kappa shape index (κ1) is 18.2. The van der Waals surface area contributed by atoms with Crippen LogP contribution in [0.1, 0.15) is 18.2 Å². The second-order valence-corrected chi connectivity index (χ2v) is 5.82. The zero-order valence-corrected chi connectivity index (χ0v) is 14.7. The number of nitriles is 1. The number of para-hydroxylation sites is 1. The Morgan fingerprint density at radius 2 is 1.89 bits per heavy atom. The third-order valence-corrected chi connectivity index (χ3v) is 4.06. The molecular formula is C22H17FN2O2. The number of rotatable bonds is 5. The van der Waals surface area contributed by atoms with Gasteiger partial charge in [0, 0.05) is 11.8 Å². The topological polar surface area (TPSA) is 66.0 Å². The van der Waals surface area contributed by atoms with Crippen LogP contribution in [0.2, 0.25) is 0 Å². The molecule has 3 rings (SSSR count). The van der Waals surface area contributed by atoms with Gasteiger partial charge in [-0.1, -0.05) is 37.3 Å². The van der Waals surface area contributed by atoms with Crippen LogP contribution in [0.5, 0.6) is 0 Å². The molecule has 0 unspecified atom stereocenters. The first-order valence-electron chi connectivity index (χ1n) is 8.48. The number of nitrogens with one attached hydrogen (secondary N) is 1. The molecule has 0 radical (unpaired) electrons. The van der Waals surface area contributed by atoms with Gasteiger partial charge in [-0.15, -0.1) is 0 Å². The minimum absolute atomic E-state index is 0.102. The van der Waals surface area contributed by atoms with E-state index in [-0.39, 0.29) is 5.57 Å². The summed E-state index contributed by atoms with van der Waals surface area (Å²) in [5.41, 5.74) is 1.85.